The van der Waals surface area contributed by atoms with Crippen molar-refractivity contribution < 1.29 is 13.2 Å². The molecule has 1 fully saturated rings. The predicted molar refractivity (Wildman–Crippen MR) is 63.9 cm³/mol. The first-order valence-corrected chi connectivity index (χ1v) is 7.80. The van der Waals surface area contributed by atoms with Gasteiger partial charge in [0.25, 0.3) is 5.91 Å². The molecule has 1 aromatic heterocycles. The van der Waals surface area contributed by atoms with Crippen LogP contribution in [0.5, 0.6) is 0 Å². The summed E-state index contributed by atoms with van der Waals surface area (Å²) in [4.78, 5) is 12.2. The van der Waals surface area contributed by atoms with Crippen molar-refractivity contribution in [2.75, 3.05) is 11.5 Å². The van der Waals surface area contributed by atoms with Crippen molar-refractivity contribution in [1.29, 1.82) is 0 Å². The highest BCUT2D eigenvalue weighted by Gasteiger charge is 2.37. The lowest BCUT2D eigenvalue weighted by Gasteiger charge is -2.13. The highest BCUT2D eigenvalue weighted by Crippen LogP contribution is 2.19. The molecule has 16 heavy (non-hydrogen) atoms. The van der Waals surface area contributed by atoms with Crippen LogP contribution in [0.25, 0.3) is 0 Å². The van der Waals surface area contributed by atoms with E-state index in [1.54, 1.807) is 17.5 Å². The van der Waals surface area contributed by atoms with Gasteiger partial charge in [-0.25, -0.2) is 8.42 Å². The second-order valence-corrected chi connectivity index (χ2v) is 7.31. The maximum atomic E-state index is 11.7. The number of sulfone groups is 1. The summed E-state index contributed by atoms with van der Waals surface area (Å²) in [5.74, 6) is -0.398. The van der Waals surface area contributed by atoms with E-state index in [2.05, 4.69) is 5.32 Å². The first kappa shape index (κ1) is 11.9. The molecule has 2 heterocycles. The fourth-order valence-electron chi connectivity index (χ4n) is 1.58. The zero-order chi connectivity index (χ0) is 11.8. The standard InChI is InChI=1S/C9H10ClNO3S2/c10-6-4-16(13,14)5-7(6)11-9(12)8-2-1-3-15-8/h1-3,6-7H,4-5H2,(H,11,12)/t6-,7-/m0/s1. The molecule has 0 spiro atoms. The maximum Gasteiger partial charge on any atom is 0.261 e. The average Bonchev–Trinajstić information content (AvgIpc) is 2.74. The average molecular weight is 280 g/mol. The van der Waals surface area contributed by atoms with Gasteiger partial charge >= 0.3 is 0 Å². The molecule has 88 valence electrons. The third-order valence-electron chi connectivity index (χ3n) is 2.34. The summed E-state index contributed by atoms with van der Waals surface area (Å²) >= 11 is 7.19. The Morgan fingerprint density at radius 3 is 2.75 bits per heavy atom. The summed E-state index contributed by atoms with van der Waals surface area (Å²) in [5.41, 5.74) is 0. The Morgan fingerprint density at radius 1 is 1.50 bits per heavy atom. The molecule has 2 rings (SSSR count). The van der Waals surface area contributed by atoms with Crippen LogP contribution in [0, 0.1) is 0 Å². The number of thiophene rings is 1. The van der Waals surface area contributed by atoms with Gasteiger partial charge in [-0.3, -0.25) is 4.79 Å². The number of alkyl halides is 1. The topological polar surface area (TPSA) is 63.2 Å². The van der Waals surface area contributed by atoms with E-state index in [9.17, 15) is 13.2 Å². The zero-order valence-electron chi connectivity index (χ0n) is 8.22. The summed E-state index contributed by atoms with van der Waals surface area (Å²) < 4.78 is 22.6. The van der Waals surface area contributed by atoms with Gasteiger partial charge < -0.3 is 5.32 Å². The van der Waals surface area contributed by atoms with Gasteiger partial charge in [0.15, 0.2) is 9.84 Å². The number of hydrogen-bond donors (Lipinski definition) is 1. The predicted octanol–water partition coefficient (Wildman–Crippen LogP) is 0.882. The fraction of sp³-hybridized carbons (Fsp3) is 0.444. The number of halogens is 1. The third-order valence-corrected chi connectivity index (χ3v) is 5.59. The third kappa shape index (κ3) is 2.56. The first-order chi connectivity index (χ1) is 7.48. The smallest absolute Gasteiger partial charge is 0.261 e. The Bertz CT molecular complexity index is 483. The molecule has 1 saturated heterocycles. The molecule has 7 heteroatoms. The normalized spacial score (nSPS) is 27.8. The van der Waals surface area contributed by atoms with Crippen molar-refractivity contribution in [1.82, 2.24) is 5.32 Å². The summed E-state index contributed by atoms with van der Waals surface area (Å²) in [6.07, 6.45) is 0. The molecule has 0 aromatic carbocycles. The lowest BCUT2D eigenvalue weighted by molar-refractivity contribution is 0.0945. The van der Waals surface area contributed by atoms with E-state index in [1.165, 1.54) is 11.3 Å². The van der Waals surface area contributed by atoms with E-state index < -0.39 is 21.3 Å². The second kappa shape index (κ2) is 4.35. The minimum Gasteiger partial charge on any atom is -0.346 e. The Kier molecular flexibility index (Phi) is 3.23. The fourth-order valence-corrected chi connectivity index (χ4v) is 4.76. The monoisotopic (exact) mass is 279 g/mol. The van der Waals surface area contributed by atoms with Crippen molar-refractivity contribution in [3.8, 4) is 0 Å². The Labute approximate surface area is 103 Å². The molecule has 0 bridgehead atoms. The van der Waals surface area contributed by atoms with Crippen molar-refractivity contribution in [2.45, 2.75) is 11.4 Å². The summed E-state index contributed by atoms with van der Waals surface area (Å²) in [7, 11) is -3.10. The second-order valence-electron chi connectivity index (χ2n) is 3.65. The summed E-state index contributed by atoms with van der Waals surface area (Å²) in [5, 5.41) is 3.90. The molecule has 1 aliphatic heterocycles. The van der Waals surface area contributed by atoms with Gasteiger partial charge in [-0.1, -0.05) is 6.07 Å². The van der Waals surface area contributed by atoms with Gasteiger partial charge in [0, 0.05) is 0 Å². The lowest BCUT2D eigenvalue weighted by Crippen LogP contribution is -2.40. The molecular formula is C9H10ClNO3S2. The van der Waals surface area contributed by atoms with Crippen LogP contribution < -0.4 is 5.32 Å². The van der Waals surface area contributed by atoms with Crippen LogP contribution in [-0.4, -0.2) is 37.2 Å². The van der Waals surface area contributed by atoms with E-state index in [4.69, 9.17) is 11.6 Å². The Hall–Kier alpha value is -0.590. The molecule has 0 radical (unpaired) electrons. The SMILES string of the molecule is O=C(N[C@H]1CS(=O)(=O)C[C@@H]1Cl)c1cccs1. The Balaban J connectivity index is 2.04. The van der Waals surface area contributed by atoms with Crippen molar-refractivity contribution in [3.63, 3.8) is 0 Å². The zero-order valence-corrected chi connectivity index (χ0v) is 10.6. The van der Waals surface area contributed by atoms with Gasteiger partial charge in [0.2, 0.25) is 0 Å². The number of carbonyl (C=O) groups excluding carboxylic acids is 1. The van der Waals surface area contributed by atoms with Crippen LogP contribution in [0.4, 0.5) is 0 Å². The number of amides is 1. The number of nitrogens with one attached hydrogen (secondary N) is 1. The molecule has 2 atom stereocenters. The van der Waals surface area contributed by atoms with Gasteiger partial charge in [0.1, 0.15) is 0 Å². The summed E-state index contributed by atoms with van der Waals surface area (Å²) in [6.45, 7) is 0. The molecule has 1 amide bonds. The van der Waals surface area contributed by atoms with Gasteiger partial charge in [-0.15, -0.1) is 22.9 Å². The molecule has 0 saturated carbocycles. The highest BCUT2D eigenvalue weighted by molar-refractivity contribution is 7.91. The van der Waals surface area contributed by atoms with E-state index in [-0.39, 0.29) is 17.4 Å². The molecule has 0 unspecified atom stereocenters. The summed E-state index contributed by atoms with van der Waals surface area (Å²) in [6, 6.07) is 2.97. The van der Waals surface area contributed by atoms with Gasteiger partial charge in [0.05, 0.1) is 27.8 Å². The van der Waals surface area contributed by atoms with Crippen molar-refractivity contribution in [3.05, 3.63) is 22.4 Å². The lowest BCUT2D eigenvalue weighted by atomic mass is 10.2. The van der Waals surface area contributed by atoms with E-state index in [1.807, 2.05) is 0 Å². The minimum absolute atomic E-state index is 0.0655. The molecule has 0 aliphatic carbocycles. The van der Waals surface area contributed by atoms with Crippen molar-refractivity contribution >= 4 is 38.7 Å². The quantitative estimate of drug-likeness (QED) is 0.818. The molecule has 1 N–H and O–H groups in total. The minimum atomic E-state index is -3.10. The first-order valence-electron chi connectivity index (χ1n) is 4.67. The van der Waals surface area contributed by atoms with Crippen LogP contribution in [0.3, 0.4) is 0 Å². The number of hydrogen-bond acceptors (Lipinski definition) is 4. The van der Waals surface area contributed by atoms with Crippen LogP contribution in [0.15, 0.2) is 17.5 Å². The molecule has 1 aromatic rings. The Morgan fingerprint density at radius 2 is 2.25 bits per heavy atom. The number of rotatable bonds is 2. The molecule has 1 aliphatic rings. The highest BCUT2D eigenvalue weighted by atomic mass is 35.5. The van der Waals surface area contributed by atoms with Crippen LogP contribution in [0.2, 0.25) is 0 Å². The largest absolute Gasteiger partial charge is 0.346 e. The van der Waals surface area contributed by atoms with E-state index >= 15 is 0 Å². The molecular weight excluding hydrogens is 270 g/mol. The van der Waals surface area contributed by atoms with Crippen molar-refractivity contribution in [2.24, 2.45) is 0 Å². The van der Waals surface area contributed by atoms with Crippen LogP contribution in [0.1, 0.15) is 9.67 Å². The van der Waals surface area contributed by atoms with E-state index in [0.29, 0.717) is 4.88 Å². The maximum absolute atomic E-state index is 11.7. The molecule has 4 nitrogen and oxygen atoms in total. The van der Waals surface area contributed by atoms with Gasteiger partial charge in [-0.2, -0.15) is 0 Å². The van der Waals surface area contributed by atoms with Crippen LogP contribution in [-0.2, 0) is 9.84 Å². The number of carbonyl (C=O) groups is 1. The van der Waals surface area contributed by atoms with Gasteiger partial charge in [-0.05, 0) is 11.4 Å². The van der Waals surface area contributed by atoms with Crippen LogP contribution >= 0.6 is 22.9 Å². The van der Waals surface area contributed by atoms with E-state index in [0.717, 1.165) is 0 Å².